The van der Waals surface area contributed by atoms with Crippen molar-refractivity contribution in [2.24, 2.45) is 0 Å². The van der Waals surface area contributed by atoms with Crippen molar-refractivity contribution in [1.82, 2.24) is 19.9 Å². The molecule has 5 heteroatoms. The van der Waals surface area contributed by atoms with Gasteiger partial charge >= 0.3 is 0 Å². The van der Waals surface area contributed by atoms with E-state index < -0.39 is 0 Å². The van der Waals surface area contributed by atoms with Crippen LogP contribution in [0, 0.1) is 0 Å². The van der Waals surface area contributed by atoms with E-state index in [-0.39, 0.29) is 0 Å². The Kier molecular flexibility index (Phi) is 4.31. The zero-order valence-corrected chi connectivity index (χ0v) is 14.0. The van der Waals surface area contributed by atoms with E-state index in [9.17, 15) is 0 Å². The fraction of sp³-hybridized carbons (Fsp3) is 0.438. The van der Waals surface area contributed by atoms with Crippen molar-refractivity contribution in [3.05, 3.63) is 51.8 Å². The number of aromatic nitrogens is 3. The Morgan fingerprint density at radius 3 is 2.90 bits per heavy atom. The molecule has 110 valence electrons. The molecule has 2 aromatic heterocycles. The second kappa shape index (κ2) is 6.20. The average molecular weight is 347 g/mol. The van der Waals surface area contributed by atoms with Crippen molar-refractivity contribution >= 4 is 15.9 Å². The van der Waals surface area contributed by atoms with Crippen LogP contribution in [0.15, 0.2) is 29.0 Å². The van der Waals surface area contributed by atoms with Gasteiger partial charge in [0, 0.05) is 49.4 Å². The molecule has 0 spiro atoms. The van der Waals surface area contributed by atoms with E-state index in [4.69, 9.17) is 4.98 Å². The van der Waals surface area contributed by atoms with Crippen LogP contribution in [-0.4, -0.2) is 26.4 Å². The predicted molar refractivity (Wildman–Crippen MR) is 85.9 cm³/mol. The molecule has 0 fully saturated rings. The van der Waals surface area contributed by atoms with Crippen molar-refractivity contribution in [3.8, 4) is 0 Å². The van der Waals surface area contributed by atoms with E-state index in [0.717, 1.165) is 42.2 Å². The van der Waals surface area contributed by atoms with E-state index in [1.54, 1.807) is 0 Å². The summed E-state index contributed by atoms with van der Waals surface area (Å²) in [6.45, 7) is 7.06. The summed E-state index contributed by atoms with van der Waals surface area (Å²) in [7, 11) is 0. The van der Waals surface area contributed by atoms with Crippen LogP contribution in [-0.2, 0) is 19.5 Å². The monoisotopic (exact) mass is 346 g/mol. The van der Waals surface area contributed by atoms with Gasteiger partial charge in [-0.2, -0.15) is 0 Å². The van der Waals surface area contributed by atoms with E-state index in [2.05, 4.69) is 50.7 Å². The number of pyridine rings is 1. The molecule has 0 N–H and O–H groups in total. The van der Waals surface area contributed by atoms with Crippen LogP contribution in [0.5, 0.6) is 0 Å². The fourth-order valence-electron chi connectivity index (χ4n) is 2.57. The van der Waals surface area contributed by atoms with Crippen molar-refractivity contribution < 1.29 is 0 Å². The van der Waals surface area contributed by atoms with Crippen LogP contribution < -0.4 is 0 Å². The van der Waals surface area contributed by atoms with E-state index in [0.29, 0.717) is 5.92 Å². The van der Waals surface area contributed by atoms with Crippen LogP contribution in [0.25, 0.3) is 0 Å². The topological polar surface area (TPSA) is 41.9 Å². The Labute approximate surface area is 133 Å². The standard InChI is InChI=1S/C16H19BrN4/c1-11(2)16-18-8-12-9-21(7-6-14(12)20-16)10-13-4-3-5-15(17)19-13/h3-5,8,11H,6-7,9-10H2,1-2H3. The van der Waals surface area contributed by atoms with E-state index >= 15 is 0 Å². The summed E-state index contributed by atoms with van der Waals surface area (Å²) in [4.78, 5) is 16.1. The highest BCUT2D eigenvalue weighted by Crippen LogP contribution is 2.20. The highest BCUT2D eigenvalue weighted by molar-refractivity contribution is 9.10. The predicted octanol–water partition coefficient (Wildman–Crippen LogP) is 3.32. The lowest BCUT2D eigenvalue weighted by Crippen LogP contribution is -2.31. The number of fused-ring (bicyclic) bond motifs is 1. The van der Waals surface area contributed by atoms with Crippen molar-refractivity contribution in [1.29, 1.82) is 0 Å². The Bertz CT molecular complexity index is 642. The largest absolute Gasteiger partial charge is 0.293 e. The fourth-order valence-corrected chi connectivity index (χ4v) is 2.95. The molecular weight excluding hydrogens is 328 g/mol. The smallest absolute Gasteiger partial charge is 0.131 e. The molecule has 0 saturated carbocycles. The Balaban J connectivity index is 1.73. The van der Waals surface area contributed by atoms with Crippen LogP contribution >= 0.6 is 15.9 Å². The maximum Gasteiger partial charge on any atom is 0.131 e. The molecule has 0 aromatic carbocycles. The van der Waals surface area contributed by atoms with Gasteiger partial charge in [-0.15, -0.1) is 0 Å². The molecule has 0 bridgehead atoms. The van der Waals surface area contributed by atoms with E-state index in [1.165, 1.54) is 11.3 Å². The van der Waals surface area contributed by atoms with Gasteiger partial charge in [-0.3, -0.25) is 4.90 Å². The highest BCUT2D eigenvalue weighted by Gasteiger charge is 2.19. The minimum atomic E-state index is 0.388. The summed E-state index contributed by atoms with van der Waals surface area (Å²) in [6.07, 6.45) is 2.99. The highest BCUT2D eigenvalue weighted by atomic mass is 79.9. The third kappa shape index (κ3) is 3.47. The summed E-state index contributed by atoms with van der Waals surface area (Å²) >= 11 is 3.42. The maximum absolute atomic E-state index is 4.71. The third-order valence-electron chi connectivity index (χ3n) is 3.71. The second-order valence-corrected chi connectivity index (χ2v) is 6.58. The van der Waals surface area contributed by atoms with Gasteiger partial charge in [0.1, 0.15) is 10.4 Å². The molecule has 0 aliphatic carbocycles. The molecule has 4 nitrogen and oxygen atoms in total. The number of halogens is 1. The van der Waals surface area contributed by atoms with Crippen molar-refractivity contribution in [3.63, 3.8) is 0 Å². The van der Waals surface area contributed by atoms with Gasteiger partial charge in [-0.25, -0.2) is 15.0 Å². The van der Waals surface area contributed by atoms with Crippen LogP contribution in [0.4, 0.5) is 0 Å². The Hall–Kier alpha value is -1.33. The minimum Gasteiger partial charge on any atom is -0.293 e. The van der Waals surface area contributed by atoms with Gasteiger partial charge < -0.3 is 0 Å². The molecule has 0 atom stereocenters. The Morgan fingerprint density at radius 1 is 1.29 bits per heavy atom. The molecule has 2 aromatic rings. The van der Waals surface area contributed by atoms with Gasteiger partial charge in [-0.05, 0) is 28.1 Å². The minimum absolute atomic E-state index is 0.388. The molecule has 1 aliphatic rings. The zero-order chi connectivity index (χ0) is 14.8. The lowest BCUT2D eigenvalue weighted by atomic mass is 10.1. The van der Waals surface area contributed by atoms with Gasteiger partial charge in [0.2, 0.25) is 0 Å². The van der Waals surface area contributed by atoms with Crippen LogP contribution in [0.1, 0.15) is 42.5 Å². The summed E-state index contributed by atoms with van der Waals surface area (Å²) in [5, 5.41) is 0. The number of hydrogen-bond acceptors (Lipinski definition) is 4. The molecule has 0 amide bonds. The molecule has 3 rings (SSSR count). The second-order valence-electron chi connectivity index (χ2n) is 5.77. The summed E-state index contributed by atoms with van der Waals surface area (Å²) in [5.41, 5.74) is 3.56. The quantitative estimate of drug-likeness (QED) is 0.799. The van der Waals surface area contributed by atoms with Gasteiger partial charge in [0.05, 0.1) is 5.69 Å². The third-order valence-corrected chi connectivity index (χ3v) is 4.15. The first-order chi connectivity index (χ1) is 10.1. The normalized spacial score (nSPS) is 15.2. The first-order valence-electron chi connectivity index (χ1n) is 7.30. The molecule has 3 heterocycles. The summed E-state index contributed by atoms with van der Waals surface area (Å²) in [6, 6.07) is 6.05. The molecule has 0 unspecified atom stereocenters. The molecular formula is C16H19BrN4. The SMILES string of the molecule is CC(C)c1ncc2c(n1)CCN(Cc1cccc(Br)n1)C2. The summed E-state index contributed by atoms with van der Waals surface area (Å²) < 4.78 is 0.891. The average Bonchev–Trinajstić information content (AvgIpc) is 2.46. The molecule has 0 radical (unpaired) electrons. The summed E-state index contributed by atoms with van der Waals surface area (Å²) in [5.74, 6) is 1.34. The number of hydrogen-bond donors (Lipinski definition) is 0. The van der Waals surface area contributed by atoms with Crippen LogP contribution in [0.3, 0.4) is 0 Å². The molecule has 21 heavy (non-hydrogen) atoms. The van der Waals surface area contributed by atoms with Crippen LogP contribution in [0.2, 0.25) is 0 Å². The Morgan fingerprint density at radius 2 is 2.14 bits per heavy atom. The number of nitrogens with zero attached hydrogens (tertiary/aromatic N) is 4. The van der Waals surface area contributed by atoms with Gasteiger partial charge in [-0.1, -0.05) is 19.9 Å². The first-order valence-corrected chi connectivity index (χ1v) is 8.09. The lowest BCUT2D eigenvalue weighted by Gasteiger charge is -2.28. The van der Waals surface area contributed by atoms with E-state index in [1.807, 2.05) is 18.3 Å². The lowest BCUT2D eigenvalue weighted by molar-refractivity contribution is 0.239. The maximum atomic E-state index is 4.71. The molecule has 0 saturated heterocycles. The first kappa shape index (κ1) is 14.6. The van der Waals surface area contributed by atoms with Crippen molar-refractivity contribution in [2.75, 3.05) is 6.54 Å². The van der Waals surface area contributed by atoms with Crippen molar-refractivity contribution in [2.45, 2.75) is 39.3 Å². The molecule has 1 aliphatic heterocycles. The number of rotatable bonds is 3. The van der Waals surface area contributed by atoms with Gasteiger partial charge in [0.25, 0.3) is 0 Å². The van der Waals surface area contributed by atoms with Gasteiger partial charge in [0.15, 0.2) is 0 Å². The zero-order valence-electron chi connectivity index (χ0n) is 12.4.